The lowest BCUT2D eigenvalue weighted by molar-refractivity contribution is -0.137. The Bertz CT molecular complexity index is 645. The van der Waals surface area contributed by atoms with Gasteiger partial charge in [-0.1, -0.05) is 35.9 Å². The number of hydrogen-bond acceptors (Lipinski definition) is 3. The second-order valence-corrected chi connectivity index (χ2v) is 5.29. The van der Waals surface area contributed by atoms with Crippen molar-refractivity contribution in [3.8, 4) is 0 Å². The van der Waals surface area contributed by atoms with Crippen molar-refractivity contribution in [1.29, 1.82) is 0 Å². The van der Waals surface area contributed by atoms with Gasteiger partial charge in [-0.05, 0) is 50.5 Å². The van der Waals surface area contributed by atoms with Crippen LogP contribution in [0, 0.1) is 13.8 Å². The molecule has 114 valence electrons. The van der Waals surface area contributed by atoms with Crippen LogP contribution in [0.2, 0.25) is 0 Å². The lowest BCUT2D eigenvalue weighted by Crippen LogP contribution is -2.04. The first-order valence-corrected chi connectivity index (χ1v) is 7.47. The summed E-state index contributed by atoms with van der Waals surface area (Å²) in [5.41, 5.74) is 4.23. The molecule has 0 saturated heterocycles. The lowest BCUT2D eigenvalue weighted by Gasteiger charge is -2.03. The van der Waals surface area contributed by atoms with Crippen molar-refractivity contribution >= 4 is 12.0 Å². The molecule has 1 aromatic carbocycles. The van der Waals surface area contributed by atoms with Crippen LogP contribution in [0.25, 0.3) is 6.08 Å². The highest BCUT2D eigenvalue weighted by molar-refractivity contribution is 5.87. The van der Waals surface area contributed by atoms with E-state index in [0.717, 1.165) is 29.8 Å². The third-order valence-corrected chi connectivity index (χ3v) is 3.26. The Morgan fingerprint density at radius 2 is 1.91 bits per heavy atom. The normalized spacial score (nSPS) is 10.8. The van der Waals surface area contributed by atoms with Crippen molar-refractivity contribution in [3.63, 3.8) is 0 Å². The highest BCUT2D eigenvalue weighted by Gasteiger charge is 1.99. The zero-order chi connectivity index (χ0) is 15.8. The zero-order valence-electron chi connectivity index (χ0n) is 13.1. The molecule has 0 fully saturated rings. The Labute approximate surface area is 131 Å². The first-order valence-electron chi connectivity index (χ1n) is 7.47. The summed E-state index contributed by atoms with van der Waals surface area (Å²) in [6.45, 7) is 4.41. The van der Waals surface area contributed by atoms with E-state index >= 15 is 0 Å². The summed E-state index contributed by atoms with van der Waals surface area (Å²) >= 11 is 0. The van der Waals surface area contributed by atoms with E-state index in [1.807, 2.05) is 56.3 Å². The van der Waals surface area contributed by atoms with Crippen molar-refractivity contribution in [2.75, 3.05) is 6.61 Å². The molecule has 0 radical (unpaired) electrons. The first kappa shape index (κ1) is 16.0. The Morgan fingerprint density at radius 1 is 1.14 bits per heavy atom. The SMILES string of the molecule is Cc1ccc(/C=C/C(=O)OCCCc2cccc(C)n2)cc1. The van der Waals surface area contributed by atoms with Crippen LogP contribution in [0.1, 0.15) is 28.9 Å². The number of nitrogens with zero attached hydrogens (tertiary/aromatic N) is 1. The van der Waals surface area contributed by atoms with Gasteiger partial charge in [0.15, 0.2) is 0 Å². The van der Waals surface area contributed by atoms with E-state index in [1.165, 1.54) is 11.6 Å². The van der Waals surface area contributed by atoms with Gasteiger partial charge < -0.3 is 4.74 Å². The fourth-order valence-electron chi connectivity index (χ4n) is 2.05. The van der Waals surface area contributed by atoms with Crippen LogP contribution >= 0.6 is 0 Å². The summed E-state index contributed by atoms with van der Waals surface area (Å²) in [6, 6.07) is 13.9. The molecule has 1 aromatic heterocycles. The van der Waals surface area contributed by atoms with Gasteiger partial charge in [0.05, 0.1) is 6.61 Å². The maximum atomic E-state index is 11.6. The molecule has 2 aromatic rings. The van der Waals surface area contributed by atoms with Crippen LogP contribution in [0.5, 0.6) is 0 Å². The predicted octanol–water partition coefficient (Wildman–Crippen LogP) is 3.89. The number of pyridine rings is 1. The minimum Gasteiger partial charge on any atom is -0.463 e. The first-order chi connectivity index (χ1) is 10.6. The zero-order valence-corrected chi connectivity index (χ0v) is 13.1. The molecule has 0 amide bonds. The fourth-order valence-corrected chi connectivity index (χ4v) is 2.05. The fraction of sp³-hybridized carbons (Fsp3) is 0.263. The molecular formula is C19H21NO2. The largest absolute Gasteiger partial charge is 0.463 e. The molecule has 0 saturated carbocycles. The minimum absolute atomic E-state index is 0.308. The van der Waals surface area contributed by atoms with Gasteiger partial charge in [0.25, 0.3) is 0 Å². The molecule has 22 heavy (non-hydrogen) atoms. The number of carbonyl (C=O) groups is 1. The van der Waals surface area contributed by atoms with Gasteiger partial charge >= 0.3 is 5.97 Å². The molecule has 0 spiro atoms. The predicted molar refractivity (Wildman–Crippen MR) is 88.5 cm³/mol. The van der Waals surface area contributed by atoms with Crippen LogP contribution in [0.4, 0.5) is 0 Å². The molecule has 0 aliphatic rings. The quantitative estimate of drug-likeness (QED) is 0.461. The van der Waals surface area contributed by atoms with Crippen molar-refractivity contribution in [2.24, 2.45) is 0 Å². The van der Waals surface area contributed by atoms with Crippen molar-refractivity contribution in [1.82, 2.24) is 4.98 Å². The monoisotopic (exact) mass is 295 g/mol. The van der Waals surface area contributed by atoms with Crippen molar-refractivity contribution in [2.45, 2.75) is 26.7 Å². The lowest BCUT2D eigenvalue weighted by atomic mass is 10.1. The van der Waals surface area contributed by atoms with Gasteiger partial charge in [-0.2, -0.15) is 0 Å². The van der Waals surface area contributed by atoms with Gasteiger partial charge in [0, 0.05) is 17.5 Å². The molecule has 0 unspecified atom stereocenters. The third-order valence-electron chi connectivity index (χ3n) is 3.26. The molecular weight excluding hydrogens is 274 g/mol. The highest BCUT2D eigenvalue weighted by atomic mass is 16.5. The number of benzene rings is 1. The topological polar surface area (TPSA) is 39.2 Å². The van der Waals surface area contributed by atoms with Crippen molar-refractivity contribution in [3.05, 3.63) is 71.1 Å². The number of carbonyl (C=O) groups excluding carboxylic acids is 1. The number of esters is 1. The molecule has 0 aliphatic heterocycles. The summed E-state index contributed by atoms with van der Waals surface area (Å²) in [6.07, 6.45) is 4.83. The van der Waals surface area contributed by atoms with E-state index in [2.05, 4.69) is 4.98 Å². The van der Waals surface area contributed by atoms with Gasteiger partial charge in [-0.3, -0.25) is 4.98 Å². The molecule has 0 bridgehead atoms. The second kappa shape index (κ2) is 8.13. The standard InChI is InChI=1S/C19H21NO2/c1-15-8-10-17(11-9-15)12-13-19(21)22-14-4-7-18-6-3-5-16(2)20-18/h3,5-6,8-13H,4,7,14H2,1-2H3/b13-12+. The Kier molecular flexibility index (Phi) is 5.90. The summed E-state index contributed by atoms with van der Waals surface area (Å²) in [4.78, 5) is 16.0. The van der Waals surface area contributed by atoms with E-state index < -0.39 is 0 Å². The van der Waals surface area contributed by atoms with E-state index in [9.17, 15) is 4.79 Å². The molecule has 2 rings (SSSR count). The number of hydrogen-bond donors (Lipinski definition) is 0. The van der Waals surface area contributed by atoms with E-state index in [0.29, 0.717) is 6.61 Å². The second-order valence-electron chi connectivity index (χ2n) is 5.29. The third kappa shape index (κ3) is 5.52. The van der Waals surface area contributed by atoms with Gasteiger partial charge in [-0.15, -0.1) is 0 Å². The van der Waals surface area contributed by atoms with Gasteiger partial charge in [-0.25, -0.2) is 4.79 Å². The van der Waals surface area contributed by atoms with Gasteiger partial charge in [0.2, 0.25) is 0 Å². The summed E-state index contributed by atoms with van der Waals surface area (Å²) < 4.78 is 5.19. The molecule has 3 nitrogen and oxygen atoms in total. The molecule has 3 heteroatoms. The number of ether oxygens (including phenoxy) is 1. The number of aryl methyl sites for hydroxylation is 3. The van der Waals surface area contributed by atoms with Crippen LogP contribution < -0.4 is 0 Å². The average Bonchev–Trinajstić information content (AvgIpc) is 2.51. The van der Waals surface area contributed by atoms with Crippen LogP contribution in [0.15, 0.2) is 48.5 Å². The van der Waals surface area contributed by atoms with Gasteiger partial charge in [0.1, 0.15) is 0 Å². The van der Waals surface area contributed by atoms with Crippen LogP contribution in [0.3, 0.4) is 0 Å². The molecule has 0 aliphatic carbocycles. The minimum atomic E-state index is -0.308. The number of rotatable bonds is 6. The average molecular weight is 295 g/mol. The summed E-state index contributed by atoms with van der Waals surface area (Å²) in [5.74, 6) is -0.308. The maximum absolute atomic E-state index is 11.6. The van der Waals surface area contributed by atoms with Crippen LogP contribution in [-0.2, 0) is 16.0 Å². The highest BCUT2D eigenvalue weighted by Crippen LogP contribution is 2.05. The Morgan fingerprint density at radius 3 is 2.64 bits per heavy atom. The van der Waals surface area contributed by atoms with E-state index in [1.54, 1.807) is 6.08 Å². The molecule has 0 N–H and O–H groups in total. The van der Waals surface area contributed by atoms with Crippen molar-refractivity contribution < 1.29 is 9.53 Å². The molecule has 1 heterocycles. The Hall–Kier alpha value is -2.42. The Balaban J connectivity index is 1.70. The number of aromatic nitrogens is 1. The summed E-state index contributed by atoms with van der Waals surface area (Å²) in [7, 11) is 0. The smallest absolute Gasteiger partial charge is 0.330 e. The summed E-state index contributed by atoms with van der Waals surface area (Å²) in [5, 5.41) is 0. The van der Waals surface area contributed by atoms with E-state index in [4.69, 9.17) is 4.74 Å². The molecule has 0 atom stereocenters. The maximum Gasteiger partial charge on any atom is 0.330 e. The van der Waals surface area contributed by atoms with Crippen LogP contribution in [-0.4, -0.2) is 17.6 Å². The van der Waals surface area contributed by atoms with E-state index in [-0.39, 0.29) is 5.97 Å².